The van der Waals surface area contributed by atoms with Crippen LogP contribution in [-0.2, 0) is 0 Å². The van der Waals surface area contributed by atoms with Gasteiger partial charge in [-0.2, -0.15) is 0 Å². The second kappa shape index (κ2) is 7.57. The molecule has 0 aliphatic rings. The van der Waals surface area contributed by atoms with E-state index in [1.807, 2.05) is 0 Å². The summed E-state index contributed by atoms with van der Waals surface area (Å²) in [6, 6.07) is 48.6. The molecule has 0 aliphatic carbocycles. The topological polar surface area (TPSA) is 0 Å². The number of benzene rings is 7. The predicted octanol–water partition coefficient (Wildman–Crippen LogP) is 9.63. The highest BCUT2D eigenvalue weighted by atomic mass is 14.2. The molecule has 0 spiro atoms. The maximum Gasteiger partial charge on any atom is -0.00987 e. The van der Waals surface area contributed by atoms with Crippen molar-refractivity contribution >= 4 is 43.1 Å². The van der Waals surface area contributed by atoms with Crippen LogP contribution in [0.4, 0.5) is 0 Å². The molecule has 0 fully saturated rings. The summed E-state index contributed by atoms with van der Waals surface area (Å²) in [7, 11) is 0. The monoisotopic (exact) mass is 430 g/mol. The van der Waals surface area contributed by atoms with Gasteiger partial charge in [-0.15, -0.1) is 0 Å². The fraction of sp³-hybridized carbons (Fsp3) is 0. The van der Waals surface area contributed by atoms with Crippen LogP contribution in [0, 0.1) is 0 Å². The second-order valence-corrected chi connectivity index (χ2v) is 8.92. The lowest BCUT2D eigenvalue weighted by atomic mass is 9.88. The van der Waals surface area contributed by atoms with Crippen LogP contribution in [0.1, 0.15) is 0 Å². The normalized spacial score (nSPS) is 11.5. The summed E-state index contributed by atoms with van der Waals surface area (Å²) >= 11 is 0. The predicted molar refractivity (Wildman–Crippen MR) is 147 cm³/mol. The van der Waals surface area contributed by atoms with Crippen molar-refractivity contribution in [2.24, 2.45) is 0 Å². The zero-order valence-electron chi connectivity index (χ0n) is 18.7. The molecule has 0 heteroatoms. The molecule has 0 saturated carbocycles. The summed E-state index contributed by atoms with van der Waals surface area (Å²) in [5.74, 6) is 0. The van der Waals surface area contributed by atoms with Crippen LogP contribution in [0.15, 0.2) is 133 Å². The van der Waals surface area contributed by atoms with Crippen molar-refractivity contribution in [3.63, 3.8) is 0 Å². The summed E-state index contributed by atoms with van der Waals surface area (Å²) in [6.45, 7) is 0. The molecule has 34 heavy (non-hydrogen) atoms. The van der Waals surface area contributed by atoms with E-state index in [0.29, 0.717) is 0 Å². The van der Waals surface area contributed by atoms with Crippen LogP contribution in [0.3, 0.4) is 0 Å². The molecule has 158 valence electrons. The van der Waals surface area contributed by atoms with Gasteiger partial charge < -0.3 is 0 Å². The highest BCUT2D eigenvalue weighted by Gasteiger charge is 2.14. The Hall–Kier alpha value is -4.42. The minimum Gasteiger partial charge on any atom is -0.0616 e. The van der Waals surface area contributed by atoms with E-state index in [0.717, 1.165) is 0 Å². The smallest absolute Gasteiger partial charge is 0.00987 e. The maximum atomic E-state index is 2.28. The lowest BCUT2D eigenvalue weighted by molar-refractivity contribution is 1.63. The van der Waals surface area contributed by atoms with Crippen molar-refractivity contribution in [3.05, 3.63) is 133 Å². The Morgan fingerprint density at radius 2 is 0.588 bits per heavy atom. The van der Waals surface area contributed by atoms with Gasteiger partial charge in [0.25, 0.3) is 0 Å². The van der Waals surface area contributed by atoms with Gasteiger partial charge in [-0.05, 0) is 65.3 Å². The molecule has 0 amide bonds. The Bertz CT molecular complexity index is 1720. The lowest BCUT2D eigenvalue weighted by Crippen LogP contribution is -1.89. The van der Waals surface area contributed by atoms with E-state index in [4.69, 9.17) is 0 Å². The average Bonchev–Trinajstić information content (AvgIpc) is 2.92. The van der Waals surface area contributed by atoms with Gasteiger partial charge in [0, 0.05) is 0 Å². The van der Waals surface area contributed by atoms with Gasteiger partial charge in [0.15, 0.2) is 0 Å². The van der Waals surface area contributed by atoms with Crippen molar-refractivity contribution in [3.8, 4) is 22.3 Å². The fourth-order valence-electron chi connectivity index (χ4n) is 5.50. The first-order chi connectivity index (χ1) is 16.9. The van der Waals surface area contributed by atoms with Crippen LogP contribution in [0.25, 0.3) is 65.3 Å². The van der Waals surface area contributed by atoms with E-state index in [1.54, 1.807) is 0 Å². The highest BCUT2D eigenvalue weighted by molar-refractivity contribution is 6.15. The molecule has 0 N–H and O–H groups in total. The molecule has 0 saturated heterocycles. The number of hydrogen-bond acceptors (Lipinski definition) is 0. The van der Waals surface area contributed by atoms with Crippen molar-refractivity contribution < 1.29 is 0 Å². The van der Waals surface area contributed by atoms with E-state index >= 15 is 0 Å². The quantitative estimate of drug-likeness (QED) is 0.239. The first-order valence-corrected chi connectivity index (χ1v) is 11.8. The van der Waals surface area contributed by atoms with E-state index in [9.17, 15) is 0 Å². The van der Waals surface area contributed by atoms with Gasteiger partial charge in [0.05, 0.1) is 0 Å². The minimum atomic E-state index is 1.27. The summed E-state index contributed by atoms with van der Waals surface area (Å²) in [5, 5.41) is 10.3. The van der Waals surface area contributed by atoms with Gasteiger partial charge >= 0.3 is 0 Å². The molecule has 0 unspecified atom stereocenters. The Labute approximate surface area is 198 Å². The van der Waals surface area contributed by atoms with Crippen LogP contribution in [0.5, 0.6) is 0 Å². The molecule has 0 bridgehead atoms. The minimum absolute atomic E-state index is 1.27. The van der Waals surface area contributed by atoms with Crippen LogP contribution in [0.2, 0.25) is 0 Å². The fourth-order valence-corrected chi connectivity index (χ4v) is 5.50. The lowest BCUT2D eigenvalue weighted by Gasteiger charge is -2.16. The van der Waals surface area contributed by atoms with E-state index in [-0.39, 0.29) is 0 Å². The van der Waals surface area contributed by atoms with Gasteiger partial charge in [-0.25, -0.2) is 0 Å². The van der Waals surface area contributed by atoms with Crippen LogP contribution >= 0.6 is 0 Å². The largest absolute Gasteiger partial charge is 0.0616 e. The molecule has 0 aromatic heterocycles. The van der Waals surface area contributed by atoms with Gasteiger partial charge in [-0.3, -0.25) is 0 Å². The third-order valence-electron chi connectivity index (χ3n) is 7.08. The van der Waals surface area contributed by atoms with Crippen LogP contribution in [-0.4, -0.2) is 0 Å². The third kappa shape index (κ3) is 2.86. The van der Waals surface area contributed by atoms with Crippen molar-refractivity contribution in [2.45, 2.75) is 0 Å². The van der Waals surface area contributed by atoms with Crippen molar-refractivity contribution in [2.75, 3.05) is 0 Å². The summed E-state index contributed by atoms with van der Waals surface area (Å²) in [4.78, 5) is 0. The van der Waals surface area contributed by atoms with E-state index in [2.05, 4.69) is 133 Å². The van der Waals surface area contributed by atoms with E-state index < -0.39 is 0 Å². The zero-order valence-corrected chi connectivity index (χ0v) is 18.7. The Morgan fingerprint density at radius 3 is 1.09 bits per heavy atom. The molecule has 7 rings (SSSR count). The van der Waals surface area contributed by atoms with E-state index in [1.165, 1.54) is 65.3 Å². The summed E-state index contributed by atoms with van der Waals surface area (Å²) < 4.78 is 0. The van der Waals surface area contributed by atoms with Gasteiger partial charge in [-0.1, -0.05) is 133 Å². The highest BCUT2D eigenvalue weighted by Crippen LogP contribution is 2.41. The number of fused-ring (bicyclic) bond motifs is 6. The SMILES string of the molecule is c1ccc(-c2cccc3c2ccc2ccccc23)c(-c2cccc3c2ccc2ccccc23)c1. The molecule has 7 aromatic carbocycles. The second-order valence-electron chi connectivity index (χ2n) is 8.92. The number of rotatable bonds is 2. The van der Waals surface area contributed by atoms with Crippen molar-refractivity contribution in [1.29, 1.82) is 0 Å². The molecular formula is C34H22. The third-order valence-corrected chi connectivity index (χ3v) is 7.08. The molecule has 0 atom stereocenters. The van der Waals surface area contributed by atoms with Gasteiger partial charge in [0.1, 0.15) is 0 Å². The summed E-state index contributed by atoms with van der Waals surface area (Å²) in [6.07, 6.45) is 0. The average molecular weight is 431 g/mol. The van der Waals surface area contributed by atoms with Crippen molar-refractivity contribution in [1.82, 2.24) is 0 Å². The Balaban J connectivity index is 1.53. The number of hydrogen-bond donors (Lipinski definition) is 0. The zero-order chi connectivity index (χ0) is 22.5. The Morgan fingerprint density at radius 1 is 0.206 bits per heavy atom. The van der Waals surface area contributed by atoms with Crippen LogP contribution < -0.4 is 0 Å². The standard InChI is InChI=1S/C34H22/c1-3-11-25-23(9-1)19-21-33-27(25)15-7-17-31(33)29-13-5-6-14-30(29)32-18-8-16-28-26-12-4-2-10-24(26)20-22-34(28)32/h1-22H. The molecular weight excluding hydrogens is 408 g/mol. The first-order valence-electron chi connectivity index (χ1n) is 11.8. The summed E-state index contributed by atoms with van der Waals surface area (Å²) in [5.41, 5.74) is 5.08. The maximum absolute atomic E-state index is 2.28. The molecule has 7 aromatic rings. The molecule has 0 heterocycles. The first kappa shape index (κ1) is 19.1. The molecule has 0 aliphatic heterocycles. The molecule has 0 nitrogen and oxygen atoms in total. The Kier molecular flexibility index (Phi) is 4.25. The van der Waals surface area contributed by atoms with Gasteiger partial charge in [0.2, 0.25) is 0 Å². The molecule has 0 radical (unpaired) electrons.